The number of carbonyl (C=O) groups is 2. The van der Waals surface area contributed by atoms with Crippen molar-refractivity contribution in [3.63, 3.8) is 0 Å². The number of aryl methyl sites for hydroxylation is 1. The first-order chi connectivity index (χ1) is 18.8. The predicted molar refractivity (Wildman–Crippen MR) is 156 cm³/mol. The fraction of sp³-hybridized carbons (Fsp3) is 0.353. The molecule has 5 nitrogen and oxygen atoms in total. The van der Waals surface area contributed by atoms with Crippen LogP contribution in [0.25, 0.3) is 22.2 Å². The lowest BCUT2D eigenvalue weighted by molar-refractivity contribution is -0.127. The van der Waals surface area contributed by atoms with Crippen LogP contribution in [0.15, 0.2) is 72.8 Å². The van der Waals surface area contributed by atoms with Crippen LogP contribution in [0.5, 0.6) is 0 Å². The summed E-state index contributed by atoms with van der Waals surface area (Å²) in [6, 6.07) is 23.7. The van der Waals surface area contributed by atoms with Gasteiger partial charge in [-0.15, -0.1) is 0 Å². The maximum atomic E-state index is 14.0. The van der Waals surface area contributed by atoms with Crippen LogP contribution in [0, 0.1) is 18.8 Å². The Kier molecular flexibility index (Phi) is 6.54. The molecule has 2 N–H and O–H groups in total. The summed E-state index contributed by atoms with van der Waals surface area (Å²) in [6.45, 7) is 8.47. The van der Waals surface area contributed by atoms with Gasteiger partial charge in [-0.2, -0.15) is 0 Å². The molecular formula is C34H37N3O2. The van der Waals surface area contributed by atoms with Crippen LogP contribution in [0.2, 0.25) is 0 Å². The van der Waals surface area contributed by atoms with Crippen molar-refractivity contribution in [2.24, 2.45) is 11.8 Å². The number of aromatic amines is 1. The Balaban J connectivity index is 1.46. The lowest BCUT2D eigenvalue weighted by Gasteiger charge is -2.37. The molecule has 1 fully saturated rings. The fourth-order valence-corrected chi connectivity index (χ4v) is 6.64. The molecule has 2 aliphatic rings. The van der Waals surface area contributed by atoms with E-state index in [-0.39, 0.29) is 23.9 Å². The fourth-order valence-electron chi connectivity index (χ4n) is 6.64. The Morgan fingerprint density at radius 2 is 1.69 bits per heavy atom. The van der Waals surface area contributed by atoms with E-state index in [1.54, 1.807) is 0 Å². The Morgan fingerprint density at radius 3 is 2.49 bits per heavy atom. The molecule has 1 saturated carbocycles. The summed E-state index contributed by atoms with van der Waals surface area (Å²) in [5.41, 5.74) is 6.90. The highest BCUT2D eigenvalue weighted by Crippen LogP contribution is 2.46. The number of H-pyrrole nitrogens is 1. The minimum absolute atomic E-state index is 0.0798. The summed E-state index contributed by atoms with van der Waals surface area (Å²) in [6.07, 6.45) is 3.31. The topological polar surface area (TPSA) is 65.2 Å². The quantitative estimate of drug-likeness (QED) is 0.298. The zero-order valence-corrected chi connectivity index (χ0v) is 23.2. The van der Waals surface area contributed by atoms with Gasteiger partial charge in [-0.3, -0.25) is 9.59 Å². The Hall–Kier alpha value is -3.86. The number of rotatable bonds is 5. The Morgan fingerprint density at radius 1 is 0.974 bits per heavy atom. The van der Waals surface area contributed by atoms with Crippen molar-refractivity contribution in [2.45, 2.75) is 65.1 Å². The van der Waals surface area contributed by atoms with Crippen molar-refractivity contribution in [1.29, 1.82) is 0 Å². The van der Waals surface area contributed by atoms with Crippen molar-refractivity contribution in [1.82, 2.24) is 15.2 Å². The Bertz CT molecular complexity index is 1540. The first kappa shape index (κ1) is 25.4. The summed E-state index contributed by atoms with van der Waals surface area (Å²) >= 11 is 0. The van der Waals surface area contributed by atoms with Crippen LogP contribution in [-0.4, -0.2) is 33.8 Å². The standard InChI is InChI=1S/C34H37N3O2/c1-20-16-18-24(19-17-20)31-30(27-13-7-8-14-29(27)35-31)32-25-11-5-6-12-26(25)34(39)37(32)23(4)33(38)36-28-15-9-10-21(2)22(28)3/h5-8,11-14,16-19,21-23,28,32,35H,9-10,15H2,1-4H3,(H,36,38). The van der Waals surface area contributed by atoms with Crippen molar-refractivity contribution in [3.05, 3.63) is 95.1 Å². The van der Waals surface area contributed by atoms with Crippen LogP contribution >= 0.6 is 0 Å². The first-order valence-corrected chi connectivity index (χ1v) is 14.2. The molecule has 1 aromatic heterocycles. The molecule has 5 atom stereocenters. The molecule has 5 heteroatoms. The average Bonchev–Trinajstić information content (AvgIpc) is 3.46. The summed E-state index contributed by atoms with van der Waals surface area (Å²) in [7, 11) is 0. The van der Waals surface area contributed by atoms with E-state index in [0.717, 1.165) is 46.1 Å². The van der Waals surface area contributed by atoms with E-state index in [2.05, 4.69) is 67.5 Å². The highest BCUT2D eigenvalue weighted by molar-refractivity contribution is 6.04. The van der Waals surface area contributed by atoms with Crippen molar-refractivity contribution in [2.75, 3.05) is 0 Å². The van der Waals surface area contributed by atoms with Crippen LogP contribution in [0.3, 0.4) is 0 Å². The number of fused-ring (bicyclic) bond motifs is 2. The monoisotopic (exact) mass is 519 g/mol. The summed E-state index contributed by atoms with van der Waals surface area (Å²) in [5, 5.41) is 4.40. The second-order valence-electron chi connectivity index (χ2n) is 11.6. The maximum Gasteiger partial charge on any atom is 0.255 e. The van der Waals surface area contributed by atoms with Crippen LogP contribution in [-0.2, 0) is 4.79 Å². The number of hydrogen-bond donors (Lipinski definition) is 2. The zero-order valence-electron chi connectivity index (χ0n) is 23.2. The molecule has 6 rings (SSSR count). The van der Waals surface area contributed by atoms with Gasteiger partial charge in [0, 0.05) is 28.1 Å². The molecule has 4 aromatic rings. The van der Waals surface area contributed by atoms with Gasteiger partial charge >= 0.3 is 0 Å². The minimum atomic E-state index is -0.626. The van der Waals surface area contributed by atoms with Gasteiger partial charge in [0.2, 0.25) is 5.91 Å². The normalized spacial score (nSPS) is 23.6. The third-order valence-corrected chi connectivity index (χ3v) is 9.19. The second kappa shape index (κ2) is 10.0. The first-order valence-electron chi connectivity index (χ1n) is 14.2. The van der Waals surface area contributed by atoms with Gasteiger partial charge in [0.1, 0.15) is 6.04 Å². The van der Waals surface area contributed by atoms with Crippen LogP contribution in [0.4, 0.5) is 0 Å². The molecule has 39 heavy (non-hydrogen) atoms. The highest BCUT2D eigenvalue weighted by Gasteiger charge is 2.44. The number of nitrogens with one attached hydrogen (secondary N) is 2. The highest BCUT2D eigenvalue weighted by atomic mass is 16.2. The summed E-state index contributed by atoms with van der Waals surface area (Å²) < 4.78 is 0. The molecule has 1 aliphatic carbocycles. The molecule has 0 spiro atoms. The SMILES string of the molecule is Cc1ccc(-c2[nH]c3ccccc3c2C2c3ccccc3C(=O)N2C(C)C(=O)NC2CCCC(C)C2C)cc1. The summed E-state index contributed by atoms with van der Waals surface area (Å²) in [4.78, 5) is 33.3. The van der Waals surface area contributed by atoms with E-state index in [9.17, 15) is 9.59 Å². The average molecular weight is 520 g/mol. The zero-order chi connectivity index (χ0) is 27.3. The van der Waals surface area contributed by atoms with Crippen molar-refractivity contribution < 1.29 is 9.59 Å². The van der Waals surface area contributed by atoms with E-state index in [4.69, 9.17) is 0 Å². The molecule has 0 radical (unpaired) electrons. The Labute approximate surface area is 230 Å². The van der Waals surface area contributed by atoms with Crippen molar-refractivity contribution in [3.8, 4) is 11.3 Å². The summed E-state index contributed by atoms with van der Waals surface area (Å²) in [5.74, 6) is 0.819. The number of carbonyl (C=O) groups excluding carboxylic acids is 2. The predicted octanol–water partition coefficient (Wildman–Crippen LogP) is 7.02. The van der Waals surface area contributed by atoms with E-state index in [0.29, 0.717) is 17.4 Å². The minimum Gasteiger partial charge on any atom is -0.354 e. The van der Waals surface area contributed by atoms with Gasteiger partial charge in [0.15, 0.2) is 0 Å². The molecule has 0 bridgehead atoms. The van der Waals surface area contributed by atoms with Gasteiger partial charge in [-0.25, -0.2) is 0 Å². The van der Waals surface area contributed by atoms with E-state index >= 15 is 0 Å². The molecular weight excluding hydrogens is 482 g/mol. The van der Waals surface area contributed by atoms with E-state index < -0.39 is 6.04 Å². The molecule has 5 unspecified atom stereocenters. The molecule has 2 heterocycles. The molecule has 0 saturated heterocycles. The van der Waals surface area contributed by atoms with Crippen LogP contribution < -0.4 is 5.32 Å². The molecule has 1 aliphatic heterocycles. The number of hydrogen-bond acceptors (Lipinski definition) is 2. The maximum absolute atomic E-state index is 14.0. The number of para-hydroxylation sites is 1. The van der Waals surface area contributed by atoms with Gasteiger partial charge in [0.25, 0.3) is 5.91 Å². The largest absolute Gasteiger partial charge is 0.354 e. The molecule has 200 valence electrons. The number of benzene rings is 3. The van der Waals surface area contributed by atoms with Crippen LogP contribution in [0.1, 0.15) is 73.1 Å². The van der Waals surface area contributed by atoms with Gasteiger partial charge in [-0.1, -0.05) is 92.9 Å². The second-order valence-corrected chi connectivity index (χ2v) is 11.6. The number of nitrogens with zero attached hydrogens (tertiary/aromatic N) is 1. The number of amides is 2. The van der Waals surface area contributed by atoms with Gasteiger partial charge in [-0.05, 0) is 55.4 Å². The third kappa shape index (κ3) is 4.34. The van der Waals surface area contributed by atoms with E-state index in [1.807, 2.05) is 48.2 Å². The van der Waals surface area contributed by atoms with Gasteiger partial charge < -0.3 is 15.2 Å². The number of aromatic nitrogens is 1. The molecule has 2 amide bonds. The molecule has 3 aromatic carbocycles. The van der Waals surface area contributed by atoms with Crippen molar-refractivity contribution >= 4 is 22.7 Å². The lowest BCUT2D eigenvalue weighted by atomic mass is 9.78. The third-order valence-electron chi connectivity index (χ3n) is 9.19. The van der Waals surface area contributed by atoms with Gasteiger partial charge in [0.05, 0.1) is 11.7 Å². The van der Waals surface area contributed by atoms with E-state index in [1.165, 1.54) is 12.0 Å². The lowest BCUT2D eigenvalue weighted by Crippen LogP contribution is -2.52. The smallest absolute Gasteiger partial charge is 0.255 e.